The first kappa shape index (κ1) is 21.5. The summed E-state index contributed by atoms with van der Waals surface area (Å²) in [4.78, 5) is 37.9. The molecule has 8 nitrogen and oxygen atoms in total. The van der Waals surface area contributed by atoms with Crippen LogP contribution < -0.4 is 16.2 Å². The summed E-state index contributed by atoms with van der Waals surface area (Å²) in [5.74, 6) is -0.205. The van der Waals surface area contributed by atoms with Crippen LogP contribution in [0.1, 0.15) is 11.1 Å². The zero-order valence-corrected chi connectivity index (χ0v) is 17.9. The molecule has 4 aromatic rings. The fraction of sp³-hybridized carbons (Fsp3) is 0.174. The Kier molecular flexibility index (Phi) is 6.72. The van der Waals surface area contributed by atoms with Crippen molar-refractivity contribution in [1.82, 2.24) is 24.8 Å². The third kappa shape index (κ3) is 5.09. The van der Waals surface area contributed by atoms with Crippen molar-refractivity contribution in [3.8, 4) is 0 Å². The molecule has 2 N–H and O–H groups in total. The normalized spacial score (nSPS) is 10.8. The molecule has 162 valence electrons. The molecule has 0 saturated carbocycles. The van der Waals surface area contributed by atoms with Crippen LogP contribution in [0, 0.1) is 0 Å². The van der Waals surface area contributed by atoms with Gasteiger partial charge >= 0.3 is 0 Å². The molecule has 32 heavy (non-hydrogen) atoms. The molecule has 0 radical (unpaired) electrons. The van der Waals surface area contributed by atoms with E-state index in [1.807, 2.05) is 42.5 Å². The molecule has 0 unspecified atom stereocenters. The third-order valence-electron chi connectivity index (χ3n) is 4.92. The lowest BCUT2D eigenvalue weighted by atomic mass is 10.1. The van der Waals surface area contributed by atoms with Crippen molar-refractivity contribution < 1.29 is 4.79 Å². The summed E-state index contributed by atoms with van der Waals surface area (Å²) in [7, 11) is 0. The second-order valence-electron chi connectivity index (χ2n) is 7.13. The van der Waals surface area contributed by atoms with Gasteiger partial charge in [0.15, 0.2) is 5.82 Å². The average molecular weight is 449 g/mol. The minimum absolute atomic E-state index is 0.0900. The fourth-order valence-corrected chi connectivity index (χ4v) is 3.47. The number of hydrogen-bond donors (Lipinski definition) is 2. The monoisotopic (exact) mass is 448 g/mol. The highest BCUT2D eigenvalue weighted by atomic mass is 35.5. The molecule has 0 aliphatic heterocycles. The molecule has 0 bridgehead atoms. The van der Waals surface area contributed by atoms with Gasteiger partial charge in [-0.1, -0.05) is 41.9 Å². The predicted octanol–water partition coefficient (Wildman–Crippen LogP) is 2.81. The number of carbonyl (C=O) groups excluding carboxylic acids is 1. The van der Waals surface area contributed by atoms with Crippen molar-refractivity contribution in [3.05, 3.63) is 93.9 Å². The zero-order chi connectivity index (χ0) is 22.3. The van der Waals surface area contributed by atoms with Gasteiger partial charge in [-0.25, -0.2) is 4.98 Å². The first-order chi connectivity index (χ1) is 15.6. The lowest BCUT2D eigenvalue weighted by Crippen LogP contribution is -2.34. The van der Waals surface area contributed by atoms with Crippen molar-refractivity contribution >= 4 is 34.2 Å². The van der Waals surface area contributed by atoms with Crippen LogP contribution in [0.4, 0.5) is 5.82 Å². The van der Waals surface area contributed by atoms with E-state index in [-0.39, 0.29) is 30.0 Å². The first-order valence-electron chi connectivity index (χ1n) is 10.1. The molecule has 0 fully saturated rings. The second kappa shape index (κ2) is 10.0. The largest absolute Gasteiger partial charge is 0.365 e. The van der Waals surface area contributed by atoms with Gasteiger partial charge in [0, 0.05) is 42.6 Å². The Bertz CT molecular complexity index is 1290. The molecule has 3 heterocycles. The number of nitrogens with zero attached hydrogens (tertiary/aromatic N) is 4. The molecule has 9 heteroatoms. The topological polar surface area (TPSA) is 102 Å². The number of aromatic nitrogens is 4. The highest BCUT2D eigenvalue weighted by Gasteiger charge is 2.13. The summed E-state index contributed by atoms with van der Waals surface area (Å²) in [5, 5.41) is 6.81. The van der Waals surface area contributed by atoms with E-state index in [9.17, 15) is 9.59 Å². The minimum atomic E-state index is -0.450. The van der Waals surface area contributed by atoms with Gasteiger partial charge in [-0.15, -0.1) is 0 Å². The molecule has 0 spiro atoms. The van der Waals surface area contributed by atoms with Crippen molar-refractivity contribution in [2.45, 2.75) is 19.5 Å². The van der Waals surface area contributed by atoms with Gasteiger partial charge in [0.2, 0.25) is 5.91 Å². The summed E-state index contributed by atoms with van der Waals surface area (Å²) >= 11 is 6.14. The summed E-state index contributed by atoms with van der Waals surface area (Å²) in [6.45, 7) is 0.542. The lowest BCUT2D eigenvalue weighted by molar-refractivity contribution is -0.121. The van der Waals surface area contributed by atoms with Crippen LogP contribution in [0.5, 0.6) is 0 Å². The predicted molar refractivity (Wildman–Crippen MR) is 124 cm³/mol. The Morgan fingerprint density at radius 1 is 1.03 bits per heavy atom. The summed E-state index contributed by atoms with van der Waals surface area (Å²) in [6, 6.07) is 13.6. The van der Waals surface area contributed by atoms with E-state index < -0.39 is 5.56 Å². The van der Waals surface area contributed by atoms with Crippen LogP contribution in [0.3, 0.4) is 0 Å². The number of rotatable bonds is 8. The van der Waals surface area contributed by atoms with Crippen LogP contribution >= 0.6 is 11.6 Å². The van der Waals surface area contributed by atoms with E-state index in [0.29, 0.717) is 6.54 Å². The van der Waals surface area contributed by atoms with Crippen LogP contribution in [0.2, 0.25) is 5.15 Å². The van der Waals surface area contributed by atoms with Crippen LogP contribution in [-0.4, -0.2) is 32.0 Å². The molecule has 1 aromatic carbocycles. The fourth-order valence-electron chi connectivity index (χ4n) is 3.29. The van der Waals surface area contributed by atoms with E-state index in [0.717, 1.165) is 28.5 Å². The number of anilines is 1. The molecule has 0 aliphatic rings. The van der Waals surface area contributed by atoms with Crippen LogP contribution in [0.25, 0.3) is 10.9 Å². The number of benzene rings is 1. The Morgan fingerprint density at radius 3 is 2.72 bits per heavy atom. The Balaban J connectivity index is 1.40. The number of nitrogens with one attached hydrogen (secondary N) is 2. The van der Waals surface area contributed by atoms with Gasteiger partial charge in [-0.3, -0.25) is 24.1 Å². The zero-order valence-electron chi connectivity index (χ0n) is 17.2. The van der Waals surface area contributed by atoms with E-state index in [4.69, 9.17) is 11.6 Å². The quantitative estimate of drug-likeness (QED) is 0.429. The van der Waals surface area contributed by atoms with Crippen molar-refractivity contribution in [2.75, 3.05) is 11.9 Å². The third-order valence-corrected chi connectivity index (χ3v) is 5.22. The Hall–Kier alpha value is -3.78. The number of fused-ring (bicyclic) bond motifs is 1. The molecule has 0 atom stereocenters. The standard InChI is InChI=1S/C23H21ClN6O2/c24-19-14-29-22(27-10-8-16-5-2-1-3-6-16)23(32)30(19)15-20(31)28-13-18-12-25-11-17-7-4-9-26-21(17)18/h1-7,9,11-12,14H,8,10,13,15H2,(H,27,29)(H,28,31). The van der Waals surface area contributed by atoms with E-state index in [1.165, 1.54) is 10.8 Å². The van der Waals surface area contributed by atoms with Crippen LogP contribution in [-0.2, 0) is 24.3 Å². The second-order valence-corrected chi connectivity index (χ2v) is 7.52. The van der Waals surface area contributed by atoms with Crippen molar-refractivity contribution in [2.24, 2.45) is 0 Å². The molecule has 0 saturated heterocycles. The minimum Gasteiger partial charge on any atom is -0.365 e. The number of hydrogen-bond acceptors (Lipinski definition) is 6. The van der Waals surface area contributed by atoms with E-state index in [2.05, 4.69) is 25.6 Å². The summed E-state index contributed by atoms with van der Waals surface area (Å²) in [6.07, 6.45) is 7.17. The van der Waals surface area contributed by atoms with Gasteiger partial charge in [0.25, 0.3) is 5.56 Å². The number of carbonyl (C=O) groups is 1. The van der Waals surface area contributed by atoms with E-state index >= 15 is 0 Å². The van der Waals surface area contributed by atoms with Gasteiger partial charge < -0.3 is 10.6 Å². The highest BCUT2D eigenvalue weighted by Crippen LogP contribution is 2.14. The average Bonchev–Trinajstić information content (AvgIpc) is 2.82. The smallest absolute Gasteiger partial charge is 0.294 e. The molecule has 1 amide bonds. The summed E-state index contributed by atoms with van der Waals surface area (Å²) in [5.41, 5.74) is 2.25. The number of amides is 1. The van der Waals surface area contributed by atoms with Crippen LogP contribution in [0.15, 0.2) is 72.0 Å². The maximum atomic E-state index is 12.8. The van der Waals surface area contributed by atoms with Gasteiger partial charge in [-0.2, -0.15) is 0 Å². The molecule has 3 aromatic heterocycles. The Labute approximate surface area is 189 Å². The molecular weight excluding hydrogens is 428 g/mol. The number of halogens is 1. The summed E-state index contributed by atoms with van der Waals surface area (Å²) < 4.78 is 1.19. The SMILES string of the molecule is O=C(Cn1c(Cl)cnc(NCCc2ccccc2)c1=O)NCc1cncc2cccnc12. The van der Waals surface area contributed by atoms with Crippen molar-refractivity contribution in [1.29, 1.82) is 0 Å². The Morgan fingerprint density at radius 2 is 1.88 bits per heavy atom. The van der Waals surface area contributed by atoms with Gasteiger partial charge in [-0.05, 0) is 24.1 Å². The van der Waals surface area contributed by atoms with Gasteiger partial charge in [0.05, 0.1) is 11.7 Å². The molecule has 0 aliphatic carbocycles. The maximum Gasteiger partial charge on any atom is 0.294 e. The lowest BCUT2D eigenvalue weighted by Gasteiger charge is -2.12. The highest BCUT2D eigenvalue weighted by molar-refractivity contribution is 6.29. The molecule has 4 rings (SSSR count). The van der Waals surface area contributed by atoms with Gasteiger partial charge in [0.1, 0.15) is 11.7 Å². The van der Waals surface area contributed by atoms with E-state index in [1.54, 1.807) is 18.6 Å². The maximum absolute atomic E-state index is 12.8. The first-order valence-corrected chi connectivity index (χ1v) is 10.5. The van der Waals surface area contributed by atoms with Crippen molar-refractivity contribution in [3.63, 3.8) is 0 Å². The molecular formula is C23H21ClN6O2. The number of pyridine rings is 2.